The maximum atomic E-state index is 6.03. The van der Waals surface area contributed by atoms with Gasteiger partial charge in [-0.25, -0.2) is 0 Å². The third-order valence-electron chi connectivity index (χ3n) is 3.75. The Labute approximate surface area is 122 Å². The monoisotopic (exact) mass is 316 g/mol. The van der Waals surface area contributed by atoms with Crippen molar-refractivity contribution in [3.8, 4) is 16.9 Å². The highest BCUT2D eigenvalue weighted by molar-refractivity contribution is 9.10. The molecule has 1 aliphatic rings. The van der Waals surface area contributed by atoms with Crippen molar-refractivity contribution in [1.82, 2.24) is 0 Å². The molecule has 1 aliphatic carbocycles. The summed E-state index contributed by atoms with van der Waals surface area (Å²) in [6, 6.07) is 16.6. The summed E-state index contributed by atoms with van der Waals surface area (Å²) in [4.78, 5) is 0. The highest BCUT2D eigenvalue weighted by Gasteiger charge is 2.18. The van der Waals surface area contributed by atoms with Crippen molar-refractivity contribution in [2.75, 3.05) is 6.61 Å². The van der Waals surface area contributed by atoms with Gasteiger partial charge in [0.2, 0.25) is 0 Å². The molecular formula is C17H17BrO. The second-order valence-corrected chi connectivity index (χ2v) is 5.94. The summed E-state index contributed by atoms with van der Waals surface area (Å²) in [6.07, 6.45) is 3.99. The van der Waals surface area contributed by atoms with Crippen LogP contribution < -0.4 is 4.74 Å². The minimum Gasteiger partial charge on any atom is -0.493 e. The molecule has 0 heterocycles. The molecule has 0 N–H and O–H groups in total. The maximum absolute atomic E-state index is 6.03. The lowest BCUT2D eigenvalue weighted by Crippen LogP contribution is -2.19. The molecule has 0 saturated heterocycles. The van der Waals surface area contributed by atoms with Crippen molar-refractivity contribution < 1.29 is 4.74 Å². The second kappa shape index (κ2) is 5.79. The van der Waals surface area contributed by atoms with Crippen LogP contribution in [-0.2, 0) is 0 Å². The molecule has 2 aromatic rings. The van der Waals surface area contributed by atoms with E-state index in [1.54, 1.807) is 0 Å². The number of para-hydroxylation sites is 1. The van der Waals surface area contributed by atoms with Crippen molar-refractivity contribution in [2.45, 2.75) is 19.3 Å². The van der Waals surface area contributed by atoms with Crippen LogP contribution in [0.2, 0.25) is 0 Å². The standard InChI is InChI=1S/C17H17BrO/c18-16-10-3-1-8-14(16)15-9-2-4-11-17(15)19-12-13-6-5-7-13/h1-4,8-11,13H,5-7,12H2. The molecule has 1 saturated carbocycles. The van der Waals surface area contributed by atoms with Gasteiger partial charge in [-0.2, -0.15) is 0 Å². The third kappa shape index (κ3) is 2.84. The van der Waals surface area contributed by atoms with Gasteiger partial charge in [0.15, 0.2) is 0 Å². The van der Waals surface area contributed by atoms with Crippen molar-refractivity contribution in [2.24, 2.45) is 5.92 Å². The van der Waals surface area contributed by atoms with Crippen LogP contribution >= 0.6 is 15.9 Å². The molecule has 98 valence electrons. The van der Waals surface area contributed by atoms with Gasteiger partial charge >= 0.3 is 0 Å². The predicted octanol–water partition coefficient (Wildman–Crippen LogP) is 5.30. The average Bonchev–Trinajstić information content (AvgIpc) is 2.38. The maximum Gasteiger partial charge on any atom is 0.127 e. The lowest BCUT2D eigenvalue weighted by Gasteiger charge is -2.25. The number of hydrogen-bond donors (Lipinski definition) is 0. The largest absolute Gasteiger partial charge is 0.493 e. The topological polar surface area (TPSA) is 9.23 Å². The molecule has 0 unspecified atom stereocenters. The van der Waals surface area contributed by atoms with Crippen molar-refractivity contribution in [3.05, 3.63) is 53.0 Å². The van der Waals surface area contributed by atoms with Crippen LogP contribution in [-0.4, -0.2) is 6.61 Å². The summed E-state index contributed by atoms with van der Waals surface area (Å²) in [6.45, 7) is 0.849. The van der Waals surface area contributed by atoms with Crippen molar-refractivity contribution >= 4 is 15.9 Å². The van der Waals surface area contributed by atoms with Crippen molar-refractivity contribution in [1.29, 1.82) is 0 Å². The summed E-state index contributed by atoms with van der Waals surface area (Å²) in [5.41, 5.74) is 2.35. The Morgan fingerprint density at radius 2 is 1.63 bits per heavy atom. The summed E-state index contributed by atoms with van der Waals surface area (Å²) >= 11 is 3.62. The van der Waals surface area contributed by atoms with Gasteiger partial charge in [-0.05, 0) is 36.5 Å². The zero-order chi connectivity index (χ0) is 13.1. The first-order valence-electron chi connectivity index (χ1n) is 6.81. The van der Waals surface area contributed by atoms with Gasteiger partial charge < -0.3 is 4.74 Å². The van der Waals surface area contributed by atoms with Crippen molar-refractivity contribution in [3.63, 3.8) is 0 Å². The molecule has 3 rings (SSSR count). The van der Waals surface area contributed by atoms with E-state index in [9.17, 15) is 0 Å². The van der Waals surface area contributed by atoms with E-state index in [2.05, 4.69) is 52.3 Å². The van der Waals surface area contributed by atoms with E-state index >= 15 is 0 Å². The Morgan fingerprint density at radius 1 is 0.947 bits per heavy atom. The Balaban J connectivity index is 1.86. The van der Waals surface area contributed by atoms with E-state index in [1.807, 2.05) is 12.1 Å². The minimum absolute atomic E-state index is 0.757. The van der Waals surface area contributed by atoms with Crippen LogP contribution in [0.5, 0.6) is 5.75 Å². The fourth-order valence-electron chi connectivity index (χ4n) is 2.36. The molecule has 0 atom stereocenters. The summed E-state index contributed by atoms with van der Waals surface area (Å²) < 4.78 is 7.14. The molecule has 0 amide bonds. The van der Waals surface area contributed by atoms with Gasteiger partial charge in [0.05, 0.1) is 6.61 Å². The fourth-order valence-corrected chi connectivity index (χ4v) is 2.86. The Bertz CT molecular complexity index is 561. The number of ether oxygens (including phenoxy) is 1. The summed E-state index contributed by atoms with van der Waals surface area (Å²) in [5, 5.41) is 0. The van der Waals surface area contributed by atoms with Crippen LogP contribution in [0.25, 0.3) is 11.1 Å². The smallest absolute Gasteiger partial charge is 0.127 e. The molecule has 0 radical (unpaired) electrons. The number of halogens is 1. The van der Waals surface area contributed by atoms with Gasteiger partial charge in [0, 0.05) is 10.0 Å². The van der Waals surface area contributed by atoms with Crippen LogP contribution in [0.1, 0.15) is 19.3 Å². The van der Waals surface area contributed by atoms with E-state index in [4.69, 9.17) is 4.74 Å². The van der Waals surface area contributed by atoms with Gasteiger partial charge in [0.1, 0.15) is 5.75 Å². The molecule has 1 nitrogen and oxygen atoms in total. The number of rotatable bonds is 4. The fraction of sp³-hybridized carbons (Fsp3) is 0.294. The summed E-state index contributed by atoms with van der Waals surface area (Å²) in [7, 11) is 0. The van der Waals surface area contributed by atoms with E-state index in [1.165, 1.54) is 24.8 Å². The van der Waals surface area contributed by atoms with E-state index in [0.29, 0.717) is 0 Å². The van der Waals surface area contributed by atoms with Crippen LogP contribution in [0, 0.1) is 5.92 Å². The molecule has 2 heteroatoms. The van der Waals surface area contributed by atoms with E-state index < -0.39 is 0 Å². The van der Waals surface area contributed by atoms with E-state index in [-0.39, 0.29) is 0 Å². The minimum atomic E-state index is 0.757. The first-order chi connectivity index (χ1) is 9.34. The molecule has 1 fully saturated rings. The zero-order valence-corrected chi connectivity index (χ0v) is 12.4. The van der Waals surface area contributed by atoms with Gasteiger partial charge in [0.25, 0.3) is 0 Å². The highest BCUT2D eigenvalue weighted by Crippen LogP contribution is 2.35. The normalized spacial score (nSPS) is 15.0. The summed E-state index contributed by atoms with van der Waals surface area (Å²) in [5.74, 6) is 1.74. The van der Waals surface area contributed by atoms with E-state index in [0.717, 1.165) is 28.3 Å². The van der Waals surface area contributed by atoms with Gasteiger partial charge in [-0.15, -0.1) is 0 Å². The molecular weight excluding hydrogens is 300 g/mol. The van der Waals surface area contributed by atoms with Gasteiger partial charge in [-0.3, -0.25) is 0 Å². The predicted molar refractivity (Wildman–Crippen MR) is 82.4 cm³/mol. The lowest BCUT2D eigenvalue weighted by molar-refractivity contribution is 0.181. The Hall–Kier alpha value is -1.28. The highest BCUT2D eigenvalue weighted by atomic mass is 79.9. The second-order valence-electron chi connectivity index (χ2n) is 5.08. The van der Waals surface area contributed by atoms with Gasteiger partial charge in [-0.1, -0.05) is 58.7 Å². The van der Waals surface area contributed by atoms with Crippen LogP contribution in [0.15, 0.2) is 53.0 Å². The Morgan fingerprint density at radius 3 is 2.32 bits per heavy atom. The first-order valence-corrected chi connectivity index (χ1v) is 7.60. The quantitative estimate of drug-likeness (QED) is 0.744. The molecule has 0 spiro atoms. The molecule has 19 heavy (non-hydrogen) atoms. The SMILES string of the molecule is Brc1ccccc1-c1ccccc1OCC1CCC1. The van der Waals surface area contributed by atoms with Crippen LogP contribution in [0.3, 0.4) is 0 Å². The Kier molecular flexibility index (Phi) is 3.88. The first kappa shape index (κ1) is 12.7. The number of benzene rings is 2. The lowest BCUT2D eigenvalue weighted by atomic mass is 9.86. The zero-order valence-electron chi connectivity index (χ0n) is 10.8. The molecule has 0 aromatic heterocycles. The third-order valence-corrected chi connectivity index (χ3v) is 4.44. The molecule has 0 aliphatic heterocycles. The average molecular weight is 317 g/mol. The number of hydrogen-bond acceptors (Lipinski definition) is 1. The van der Waals surface area contributed by atoms with Crippen LogP contribution in [0.4, 0.5) is 0 Å². The molecule has 0 bridgehead atoms. The molecule has 2 aromatic carbocycles.